The van der Waals surface area contributed by atoms with Gasteiger partial charge < -0.3 is 24.6 Å². The number of pyridine rings is 2. The van der Waals surface area contributed by atoms with Crippen LogP contribution in [-0.4, -0.2) is 78.7 Å². The molecular weight excluding hydrogens is 428 g/mol. The molecular formula is C25H30N8O. The molecule has 5 rings (SSSR count). The van der Waals surface area contributed by atoms with Gasteiger partial charge in [0.25, 0.3) is 5.91 Å². The lowest BCUT2D eigenvalue weighted by Gasteiger charge is -2.37. The number of fused-ring (bicyclic) bond motifs is 1. The number of hydrogen-bond donors (Lipinski definition) is 1. The Labute approximate surface area is 199 Å². The van der Waals surface area contributed by atoms with E-state index in [4.69, 9.17) is 4.98 Å². The molecule has 9 nitrogen and oxygen atoms in total. The molecule has 3 aromatic rings. The van der Waals surface area contributed by atoms with Crippen LogP contribution in [0.1, 0.15) is 34.9 Å². The number of carbonyl (C=O) groups excluding carboxylic acids is 1. The van der Waals surface area contributed by atoms with Crippen LogP contribution in [0.3, 0.4) is 0 Å². The topological polar surface area (TPSA) is 93.3 Å². The monoisotopic (exact) mass is 458 g/mol. The van der Waals surface area contributed by atoms with Gasteiger partial charge in [0, 0.05) is 63.9 Å². The minimum Gasteiger partial charge on any atom is -0.353 e. The molecule has 0 atom stereocenters. The minimum absolute atomic E-state index is 0.0924. The van der Waals surface area contributed by atoms with E-state index < -0.39 is 0 Å². The molecule has 0 unspecified atom stereocenters. The van der Waals surface area contributed by atoms with Crippen LogP contribution in [0.25, 0.3) is 11.0 Å². The molecule has 1 aliphatic carbocycles. The number of aromatic nitrogens is 3. The third-order valence-electron chi connectivity index (χ3n) is 6.99. The molecule has 1 saturated heterocycles. The van der Waals surface area contributed by atoms with Crippen LogP contribution in [0.4, 0.5) is 11.6 Å². The summed E-state index contributed by atoms with van der Waals surface area (Å²) in [6.45, 7) is 3.21. The summed E-state index contributed by atoms with van der Waals surface area (Å²) in [5, 5.41) is 13.9. The van der Waals surface area contributed by atoms with E-state index >= 15 is 0 Å². The first-order valence-corrected chi connectivity index (χ1v) is 11.8. The van der Waals surface area contributed by atoms with Gasteiger partial charge in [-0.05, 0) is 44.2 Å². The Morgan fingerprint density at radius 3 is 2.35 bits per heavy atom. The van der Waals surface area contributed by atoms with Crippen molar-refractivity contribution in [3.63, 3.8) is 0 Å². The van der Waals surface area contributed by atoms with Crippen molar-refractivity contribution in [2.45, 2.75) is 24.9 Å². The number of hydrogen-bond acceptors (Lipinski definition) is 7. The van der Waals surface area contributed by atoms with E-state index in [0.29, 0.717) is 23.3 Å². The first-order valence-electron chi connectivity index (χ1n) is 11.8. The predicted octanol–water partition coefficient (Wildman–Crippen LogP) is 2.25. The van der Waals surface area contributed by atoms with Crippen molar-refractivity contribution in [2.24, 2.45) is 0 Å². The average Bonchev–Trinajstić information content (AvgIpc) is 3.20. The van der Waals surface area contributed by atoms with Crippen LogP contribution >= 0.6 is 0 Å². The molecule has 2 fully saturated rings. The second kappa shape index (κ2) is 8.95. The molecule has 3 aromatic heterocycles. The molecule has 1 amide bonds. The maximum Gasteiger partial charge on any atom is 0.272 e. The smallest absolute Gasteiger partial charge is 0.272 e. The highest BCUT2D eigenvalue weighted by molar-refractivity contribution is 5.92. The molecule has 9 heteroatoms. The second-order valence-corrected chi connectivity index (χ2v) is 9.27. The fourth-order valence-corrected chi connectivity index (χ4v) is 4.82. The Kier molecular flexibility index (Phi) is 5.84. The number of nitriles is 1. The van der Waals surface area contributed by atoms with Crippen LogP contribution < -0.4 is 15.1 Å². The first-order chi connectivity index (χ1) is 16.5. The lowest BCUT2D eigenvalue weighted by Crippen LogP contribution is -2.47. The molecule has 0 bridgehead atoms. The normalized spacial score (nSPS) is 20.2. The molecule has 0 spiro atoms. The lowest BCUT2D eigenvalue weighted by atomic mass is 9.87. The summed E-state index contributed by atoms with van der Waals surface area (Å²) in [6.07, 6.45) is 4.07. The summed E-state index contributed by atoms with van der Waals surface area (Å²) in [4.78, 5) is 27.9. The zero-order valence-electron chi connectivity index (χ0n) is 19.9. The van der Waals surface area contributed by atoms with Crippen LogP contribution in [0.15, 0.2) is 36.5 Å². The Hall–Kier alpha value is -3.64. The van der Waals surface area contributed by atoms with Crippen LogP contribution in [-0.2, 0) is 0 Å². The quantitative estimate of drug-likeness (QED) is 0.627. The number of nitrogens with one attached hydrogen (secondary N) is 1. The zero-order valence-corrected chi connectivity index (χ0v) is 19.9. The SMILES string of the molecule is CN[C@H]1C[C@H](n2cc(C#N)c3ccc(N4CCN(c5cccc(C(=O)N(C)C)n5)CC4)nc32)C1. The van der Waals surface area contributed by atoms with E-state index in [2.05, 4.69) is 30.7 Å². The molecule has 176 valence electrons. The van der Waals surface area contributed by atoms with Crippen LogP contribution in [0.5, 0.6) is 0 Å². The minimum atomic E-state index is -0.0924. The number of piperazine rings is 1. The highest BCUT2D eigenvalue weighted by Gasteiger charge is 2.31. The van der Waals surface area contributed by atoms with Crippen molar-refractivity contribution in [3.8, 4) is 6.07 Å². The van der Waals surface area contributed by atoms with Gasteiger partial charge in [0.05, 0.1) is 5.56 Å². The second-order valence-electron chi connectivity index (χ2n) is 9.27. The summed E-state index contributed by atoms with van der Waals surface area (Å²) in [6, 6.07) is 12.9. The third kappa shape index (κ3) is 3.94. The highest BCUT2D eigenvalue weighted by Crippen LogP contribution is 2.36. The van der Waals surface area contributed by atoms with E-state index in [-0.39, 0.29) is 5.91 Å². The summed E-state index contributed by atoms with van der Waals surface area (Å²) in [7, 11) is 5.47. The van der Waals surface area contributed by atoms with Crippen molar-refractivity contribution in [2.75, 3.05) is 57.1 Å². The summed E-state index contributed by atoms with van der Waals surface area (Å²) < 4.78 is 2.19. The molecule has 4 heterocycles. The van der Waals surface area contributed by atoms with Crippen molar-refractivity contribution in [1.29, 1.82) is 5.26 Å². The van der Waals surface area contributed by atoms with E-state index in [1.807, 2.05) is 37.5 Å². The first kappa shape index (κ1) is 22.2. The van der Waals surface area contributed by atoms with Gasteiger partial charge in [-0.2, -0.15) is 5.26 Å². The number of rotatable bonds is 5. The summed E-state index contributed by atoms with van der Waals surface area (Å²) in [5.41, 5.74) is 2.04. The number of carbonyl (C=O) groups is 1. The number of anilines is 2. The third-order valence-corrected chi connectivity index (χ3v) is 6.99. The predicted molar refractivity (Wildman–Crippen MR) is 132 cm³/mol. The van der Waals surface area contributed by atoms with E-state index in [1.165, 1.54) is 0 Å². The summed E-state index contributed by atoms with van der Waals surface area (Å²) >= 11 is 0. The molecule has 34 heavy (non-hydrogen) atoms. The Morgan fingerprint density at radius 1 is 1.06 bits per heavy atom. The van der Waals surface area contributed by atoms with E-state index in [0.717, 1.165) is 61.7 Å². The van der Waals surface area contributed by atoms with Gasteiger partial charge in [-0.3, -0.25) is 4.79 Å². The molecule has 0 radical (unpaired) electrons. The van der Waals surface area contributed by atoms with Gasteiger partial charge in [0.2, 0.25) is 0 Å². The molecule has 1 saturated carbocycles. The van der Waals surface area contributed by atoms with E-state index in [1.54, 1.807) is 25.1 Å². The van der Waals surface area contributed by atoms with Crippen molar-refractivity contribution in [1.82, 2.24) is 24.8 Å². The number of nitrogens with zero attached hydrogens (tertiary/aromatic N) is 7. The van der Waals surface area contributed by atoms with E-state index in [9.17, 15) is 10.1 Å². The van der Waals surface area contributed by atoms with Crippen LogP contribution in [0, 0.1) is 11.3 Å². The van der Waals surface area contributed by atoms with Gasteiger partial charge in [-0.1, -0.05) is 6.07 Å². The average molecular weight is 459 g/mol. The maximum atomic E-state index is 12.3. The van der Waals surface area contributed by atoms with Crippen LogP contribution in [0.2, 0.25) is 0 Å². The van der Waals surface area contributed by atoms with Gasteiger partial charge in [-0.25, -0.2) is 9.97 Å². The maximum absolute atomic E-state index is 12.3. The summed E-state index contributed by atoms with van der Waals surface area (Å²) in [5.74, 6) is 1.67. The Balaban J connectivity index is 1.33. The largest absolute Gasteiger partial charge is 0.353 e. The van der Waals surface area contributed by atoms with Gasteiger partial charge in [-0.15, -0.1) is 0 Å². The fraction of sp³-hybridized carbons (Fsp3) is 0.440. The fourth-order valence-electron chi connectivity index (χ4n) is 4.82. The Bertz CT molecular complexity index is 1250. The van der Waals surface area contributed by atoms with Gasteiger partial charge in [0.15, 0.2) is 0 Å². The van der Waals surface area contributed by atoms with Crippen molar-refractivity contribution < 1.29 is 4.79 Å². The molecule has 1 aliphatic heterocycles. The molecule has 0 aromatic carbocycles. The standard InChI is InChI=1S/C25H30N8O/c1-27-18-13-19(14-18)33-16-17(15-26)20-7-8-23(29-24(20)33)32-11-9-31(10-12-32)22-6-4-5-21(28-22)25(34)30(2)3/h4-8,16,18-19,27H,9-14H2,1-3H3/t18-,19-. The Morgan fingerprint density at radius 2 is 1.74 bits per heavy atom. The van der Waals surface area contributed by atoms with Gasteiger partial charge in [0.1, 0.15) is 29.0 Å². The van der Waals surface area contributed by atoms with Crippen molar-refractivity contribution in [3.05, 3.63) is 47.8 Å². The zero-order chi connectivity index (χ0) is 23.8. The van der Waals surface area contributed by atoms with Gasteiger partial charge >= 0.3 is 0 Å². The molecule has 1 N–H and O–H groups in total. The van der Waals surface area contributed by atoms with Crippen molar-refractivity contribution >= 4 is 28.6 Å². The highest BCUT2D eigenvalue weighted by atomic mass is 16.2. The molecule has 2 aliphatic rings. The lowest BCUT2D eigenvalue weighted by molar-refractivity contribution is 0.0822. The number of amides is 1.